The van der Waals surface area contributed by atoms with Crippen molar-refractivity contribution in [1.29, 1.82) is 0 Å². The summed E-state index contributed by atoms with van der Waals surface area (Å²) < 4.78 is 40.1. The van der Waals surface area contributed by atoms with Crippen molar-refractivity contribution in [3.63, 3.8) is 0 Å². The van der Waals surface area contributed by atoms with Gasteiger partial charge in [-0.15, -0.1) is 0 Å². The van der Waals surface area contributed by atoms with E-state index in [0.29, 0.717) is 11.1 Å². The Morgan fingerprint density at radius 2 is 1.84 bits per heavy atom. The van der Waals surface area contributed by atoms with Crippen LogP contribution < -0.4 is 10.0 Å². The first-order valence-electron chi connectivity index (χ1n) is 8.01. The number of benzene rings is 2. The number of hydrogen-bond donors (Lipinski definition) is 2. The lowest BCUT2D eigenvalue weighted by Crippen LogP contribution is -2.27. The highest BCUT2D eigenvalue weighted by molar-refractivity contribution is 7.89. The molecule has 1 aliphatic rings. The molecule has 0 atom stereocenters. The summed E-state index contributed by atoms with van der Waals surface area (Å²) in [6.07, 6.45) is 1.69. The molecule has 25 heavy (non-hydrogen) atoms. The average Bonchev–Trinajstić information content (AvgIpc) is 3.37. The van der Waals surface area contributed by atoms with Crippen molar-refractivity contribution in [3.05, 3.63) is 65.0 Å². The standard InChI is InChI=1S/C18H19FN2O3S/c1-12-2-9-16(25(23,24)21-15-7-8-15)10-17(12)18(22)20-11-13-3-5-14(19)6-4-13/h2-6,9-10,15,21H,7-8,11H2,1H3,(H,20,22). The fraction of sp³-hybridized carbons (Fsp3) is 0.278. The molecule has 1 amide bonds. The Bertz CT molecular complexity index is 891. The fourth-order valence-corrected chi connectivity index (χ4v) is 3.71. The number of nitrogens with one attached hydrogen (secondary N) is 2. The maximum atomic E-state index is 12.9. The van der Waals surface area contributed by atoms with Crippen molar-refractivity contribution in [1.82, 2.24) is 10.0 Å². The number of carbonyl (C=O) groups excluding carboxylic acids is 1. The van der Waals surface area contributed by atoms with Gasteiger partial charge in [-0.1, -0.05) is 18.2 Å². The van der Waals surface area contributed by atoms with Crippen LogP contribution in [0.4, 0.5) is 4.39 Å². The molecule has 2 N–H and O–H groups in total. The Labute approximate surface area is 146 Å². The van der Waals surface area contributed by atoms with Crippen LogP contribution in [0.3, 0.4) is 0 Å². The zero-order chi connectivity index (χ0) is 18.0. The molecule has 7 heteroatoms. The number of hydrogen-bond acceptors (Lipinski definition) is 3. The van der Waals surface area contributed by atoms with E-state index in [1.54, 1.807) is 25.1 Å². The van der Waals surface area contributed by atoms with Gasteiger partial charge in [-0.2, -0.15) is 0 Å². The summed E-state index contributed by atoms with van der Waals surface area (Å²) in [4.78, 5) is 12.5. The lowest BCUT2D eigenvalue weighted by molar-refractivity contribution is 0.0950. The second-order valence-electron chi connectivity index (χ2n) is 6.18. The molecule has 3 rings (SSSR count). The molecular weight excluding hydrogens is 343 g/mol. The second kappa shape index (κ2) is 6.93. The predicted octanol–water partition coefficient (Wildman–Crippen LogP) is 2.50. The molecule has 132 valence electrons. The van der Waals surface area contributed by atoms with Crippen molar-refractivity contribution < 1.29 is 17.6 Å². The van der Waals surface area contributed by atoms with Gasteiger partial charge in [0.25, 0.3) is 5.91 Å². The third-order valence-corrected chi connectivity index (χ3v) is 5.55. The number of amides is 1. The minimum atomic E-state index is -3.61. The maximum Gasteiger partial charge on any atom is 0.251 e. The SMILES string of the molecule is Cc1ccc(S(=O)(=O)NC2CC2)cc1C(=O)NCc1ccc(F)cc1. The van der Waals surface area contributed by atoms with E-state index in [1.165, 1.54) is 24.3 Å². The number of rotatable bonds is 6. The lowest BCUT2D eigenvalue weighted by Gasteiger charge is -2.11. The Hall–Kier alpha value is -2.25. The lowest BCUT2D eigenvalue weighted by atomic mass is 10.1. The van der Waals surface area contributed by atoms with Gasteiger partial charge in [-0.25, -0.2) is 17.5 Å². The van der Waals surface area contributed by atoms with Gasteiger partial charge in [0, 0.05) is 18.2 Å². The van der Waals surface area contributed by atoms with E-state index >= 15 is 0 Å². The Kier molecular flexibility index (Phi) is 4.87. The van der Waals surface area contributed by atoms with Crippen LogP contribution >= 0.6 is 0 Å². The first kappa shape index (κ1) is 17.6. The molecule has 0 spiro atoms. The van der Waals surface area contributed by atoms with E-state index in [4.69, 9.17) is 0 Å². The summed E-state index contributed by atoms with van der Waals surface area (Å²) in [6, 6.07) is 10.3. The van der Waals surface area contributed by atoms with Gasteiger partial charge in [-0.05, 0) is 55.2 Å². The first-order valence-corrected chi connectivity index (χ1v) is 9.49. The zero-order valence-electron chi connectivity index (χ0n) is 13.8. The summed E-state index contributed by atoms with van der Waals surface area (Å²) in [6.45, 7) is 1.98. The van der Waals surface area contributed by atoms with E-state index in [9.17, 15) is 17.6 Å². The molecule has 0 unspecified atom stereocenters. The molecule has 1 saturated carbocycles. The van der Waals surface area contributed by atoms with Crippen LogP contribution in [0.25, 0.3) is 0 Å². The van der Waals surface area contributed by atoms with Gasteiger partial charge in [0.05, 0.1) is 4.90 Å². The van der Waals surface area contributed by atoms with Gasteiger partial charge in [0.1, 0.15) is 5.82 Å². The van der Waals surface area contributed by atoms with E-state index in [-0.39, 0.29) is 29.2 Å². The summed E-state index contributed by atoms with van der Waals surface area (Å²) in [5.74, 6) is -0.711. The van der Waals surface area contributed by atoms with Crippen LogP contribution in [-0.4, -0.2) is 20.4 Å². The smallest absolute Gasteiger partial charge is 0.251 e. The molecule has 0 heterocycles. The van der Waals surface area contributed by atoms with Crippen molar-refractivity contribution >= 4 is 15.9 Å². The Balaban J connectivity index is 1.75. The molecule has 1 fully saturated rings. The molecule has 0 saturated heterocycles. The normalized spacial score (nSPS) is 14.3. The van der Waals surface area contributed by atoms with Crippen LogP contribution in [-0.2, 0) is 16.6 Å². The second-order valence-corrected chi connectivity index (χ2v) is 7.90. The monoisotopic (exact) mass is 362 g/mol. The largest absolute Gasteiger partial charge is 0.348 e. The topological polar surface area (TPSA) is 75.3 Å². The van der Waals surface area contributed by atoms with E-state index < -0.39 is 10.0 Å². The van der Waals surface area contributed by atoms with Gasteiger partial charge in [0.15, 0.2) is 0 Å². The number of carbonyl (C=O) groups is 1. The highest BCUT2D eigenvalue weighted by atomic mass is 32.2. The first-order chi connectivity index (χ1) is 11.8. The van der Waals surface area contributed by atoms with Crippen LogP contribution in [0.5, 0.6) is 0 Å². The molecule has 0 radical (unpaired) electrons. The highest BCUT2D eigenvalue weighted by Gasteiger charge is 2.28. The van der Waals surface area contributed by atoms with Gasteiger partial charge in [0.2, 0.25) is 10.0 Å². The van der Waals surface area contributed by atoms with E-state index in [2.05, 4.69) is 10.0 Å². The van der Waals surface area contributed by atoms with Gasteiger partial charge < -0.3 is 5.32 Å². The number of aryl methyl sites for hydroxylation is 1. The number of sulfonamides is 1. The minimum Gasteiger partial charge on any atom is -0.348 e. The van der Waals surface area contributed by atoms with Crippen molar-refractivity contribution in [3.8, 4) is 0 Å². The van der Waals surface area contributed by atoms with Gasteiger partial charge in [-0.3, -0.25) is 4.79 Å². The highest BCUT2D eigenvalue weighted by Crippen LogP contribution is 2.23. The molecule has 2 aromatic carbocycles. The molecular formula is C18H19FN2O3S. The quantitative estimate of drug-likeness (QED) is 0.829. The van der Waals surface area contributed by atoms with Crippen molar-refractivity contribution in [2.45, 2.75) is 37.2 Å². The maximum absolute atomic E-state index is 12.9. The van der Waals surface area contributed by atoms with Crippen LogP contribution in [0, 0.1) is 12.7 Å². The summed E-state index contributed by atoms with van der Waals surface area (Å²) >= 11 is 0. The third kappa shape index (κ3) is 4.43. The average molecular weight is 362 g/mol. The van der Waals surface area contributed by atoms with Crippen LogP contribution in [0.2, 0.25) is 0 Å². The third-order valence-electron chi connectivity index (χ3n) is 4.03. The summed E-state index contributed by atoms with van der Waals surface area (Å²) in [5.41, 5.74) is 1.74. The summed E-state index contributed by atoms with van der Waals surface area (Å²) in [5, 5.41) is 2.73. The predicted molar refractivity (Wildman–Crippen MR) is 92.1 cm³/mol. The molecule has 0 aromatic heterocycles. The van der Waals surface area contributed by atoms with Crippen molar-refractivity contribution in [2.75, 3.05) is 0 Å². The van der Waals surface area contributed by atoms with Crippen molar-refractivity contribution in [2.24, 2.45) is 0 Å². The van der Waals surface area contributed by atoms with E-state index in [1.807, 2.05) is 0 Å². The Morgan fingerprint density at radius 1 is 1.16 bits per heavy atom. The van der Waals surface area contributed by atoms with Crippen LogP contribution in [0.1, 0.15) is 34.3 Å². The molecule has 5 nitrogen and oxygen atoms in total. The molecule has 2 aromatic rings. The summed E-state index contributed by atoms with van der Waals surface area (Å²) in [7, 11) is -3.61. The zero-order valence-corrected chi connectivity index (χ0v) is 14.6. The minimum absolute atomic E-state index is 0.00190. The van der Waals surface area contributed by atoms with E-state index in [0.717, 1.165) is 18.4 Å². The van der Waals surface area contributed by atoms with Gasteiger partial charge >= 0.3 is 0 Å². The molecule has 0 aliphatic heterocycles. The molecule has 1 aliphatic carbocycles. The molecule has 0 bridgehead atoms. The number of halogens is 1. The Morgan fingerprint density at radius 3 is 2.48 bits per heavy atom. The van der Waals surface area contributed by atoms with Crippen LogP contribution in [0.15, 0.2) is 47.4 Å². The fourth-order valence-electron chi connectivity index (χ4n) is 2.38.